The van der Waals surface area contributed by atoms with Gasteiger partial charge in [-0.15, -0.1) is 0 Å². The molecule has 0 fully saturated rings. The zero-order valence-corrected chi connectivity index (χ0v) is 23.7. The lowest BCUT2D eigenvalue weighted by atomic mass is 9.77. The molecular weight excluding hydrogens is 448 g/mol. The normalized spacial score (nSPS) is 12.5. The lowest BCUT2D eigenvalue weighted by Gasteiger charge is -2.29. The first-order valence-electron chi connectivity index (χ1n) is 13.7. The van der Waals surface area contributed by atoms with Crippen LogP contribution < -0.4 is 4.74 Å². The Morgan fingerprint density at radius 3 is 2.19 bits per heavy atom. The highest BCUT2D eigenvalue weighted by molar-refractivity contribution is 5.92. The molecule has 0 aliphatic heterocycles. The minimum Gasteiger partial charge on any atom is -0.466 e. The number of rotatable bonds is 13. The maximum absolute atomic E-state index is 13.2. The van der Waals surface area contributed by atoms with Crippen LogP contribution in [0.1, 0.15) is 119 Å². The third-order valence-electron chi connectivity index (χ3n) is 6.82. The molecule has 0 saturated heterocycles. The summed E-state index contributed by atoms with van der Waals surface area (Å²) >= 11 is 0. The fourth-order valence-electron chi connectivity index (χ4n) is 4.76. The van der Waals surface area contributed by atoms with Crippen molar-refractivity contribution in [1.82, 2.24) is 0 Å². The zero-order chi connectivity index (χ0) is 26.9. The Balaban J connectivity index is 2.55. The fraction of sp³-hybridized carbons (Fsp3) is 0.562. The van der Waals surface area contributed by atoms with Gasteiger partial charge in [0, 0.05) is 5.56 Å². The number of aryl methyl sites for hydroxylation is 2. The number of carbonyl (C=O) groups is 2. The SMILES string of the molecule is CCCCc1ccc(C(=O)Oc2c(C)cc(C(C)(C)CCC)cc2C(CC(C)C)C(=O)OCC)cc1. The molecule has 0 bridgehead atoms. The summed E-state index contributed by atoms with van der Waals surface area (Å²) in [4.78, 5) is 26.4. The summed E-state index contributed by atoms with van der Waals surface area (Å²) < 4.78 is 11.5. The molecule has 1 unspecified atom stereocenters. The average Bonchev–Trinajstić information content (AvgIpc) is 2.82. The highest BCUT2D eigenvalue weighted by Gasteiger charge is 2.31. The van der Waals surface area contributed by atoms with Crippen molar-refractivity contribution in [2.45, 2.75) is 105 Å². The van der Waals surface area contributed by atoms with E-state index in [1.165, 1.54) is 5.56 Å². The Morgan fingerprint density at radius 2 is 1.64 bits per heavy atom. The van der Waals surface area contributed by atoms with Crippen molar-refractivity contribution in [2.24, 2.45) is 5.92 Å². The van der Waals surface area contributed by atoms with Crippen LogP contribution in [0.3, 0.4) is 0 Å². The molecular formula is C32H46O4. The number of benzene rings is 2. The van der Waals surface area contributed by atoms with Crippen LogP contribution in [0.15, 0.2) is 36.4 Å². The summed E-state index contributed by atoms with van der Waals surface area (Å²) in [6, 6.07) is 11.8. The number of hydrogen-bond donors (Lipinski definition) is 0. The molecule has 0 saturated carbocycles. The van der Waals surface area contributed by atoms with Crippen LogP contribution >= 0.6 is 0 Å². The Bertz CT molecular complexity index is 1000. The molecule has 1 atom stereocenters. The van der Waals surface area contributed by atoms with Gasteiger partial charge in [0.25, 0.3) is 0 Å². The lowest BCUT2D eigenvalue weighted by Crippen LogP contribution is -2.23. The molecule has 0 radical (unpaired) electrons. The summed E-state index contributed by atoms with van der Waals surface area (Å²) in [5, 5.41) is 0. The fourth-order valence-corrected chi connectivity index (χ4v) is 4.76. The second kappa shape index (κ2) is 13.6. The zero-order valence-electron chi connectivity index (χ0n) is 23.7. The maximum atomic E-state index is 13.2. The average molecular weight is 495 g/mol. The van der Waals surface area contributed by atoms with Gasteiger partial charge in [-0.1, -0.05) is 78.6 Å². The topological polar surface area (TPSA) is 52.6 Å². The van der Waals surface area contributed by atoms with Crippen molar-refractivity contribution in [2.75, 3.05) is 6.61 Å². The monoisotopic (exact) mass is 494 g/mol. The lowest BCUT2D eigenvalue weighted by molar-refractivity contribution is -0.145. The van der Waals surface area contributed by atoms with Crippen molar-refractivity contribution < 1.29 is 19.1 Å². The minimum atomic E-state index is -0.500. The van der Waals surface area contributed by atoms with Crippen molar-refractivity contribution in [3.8, 4) is 5.75 Å². The van der Waals surface area contributed by atoms with Gasteiger partial charge in [0.1, 0.15) is 5.75 Å². The van der Waals surface area contributed by atoms with Crippen molar-refractivity contribution >= 4 is 11.9 Å². The van der Waals surface area contributed by atoms with E-state index < -0.39 is 11.9 Å². The van der Waals surface area contributed by atoms with E-state index in [4.69, 9.17) is 9.47 Å². The molecule has 0 aliphatic carbocycles. The second-order valence-electron chi connectivity index (χ2n) is 11.0. The third kappa shape index (κ3) is 7.94. The number of esters is 2. The first-order chi connectivity index (χ1) is 17.0. The smallest absolute Gasteiger partial charge is 0.343 e. The number of hydrogen-bond acceptors (Lipinski definition) is 4. The van der Waals surface area contributed by atoms with Crippen molar-refractivity contribution in [3.63, 3.8) is 0 Å². The van der Waals surface area contributed by atoms with E-state index in [1.807, 2.05) is 38.1 Å². The molecule has 2 aromatic carbocycles. The van der Waals surface area contributed by atoms with Gasteiger partial charge in [-0.05, 0) is 79.7 Å². The van der Waals surface area contributed by atoms with E-state index in [9.17, 15) is 9.59 Å². The first-order valence-corrected chi connectivity index (χ1v) is 13.7. The maximum Gasteiger partial charge on any atom is 0.343 e. The molecule has 2 aromatic rings. The van der Waals surface area contributed by atoms with Crippen LogP contribution in [-0.2, 0) is 21.4 Å². The Morgan fingerprint density at radius 1 is 0.972 bits per heavy atom. The summed E-state index contributed by atoms with van der Waals surface area (Å²) in [5.41, 5.74) is 4.41. The van der Waals surface area contributed by atoms with Crippen LogP contribution in [0.4, 0.5) is 0 Å². The van der Waals surface area contributed by atoms with Crippen LogP contribution in [-0.4, -0.2) is 18.5 Å². The predicted octanol–water partition coefficient (Wildman–Crippen LogP) is 8.33. The first kappa shape index (κ1) is 29.6. The van der Waals surface area contributed by atoms with Gasteiger partial charge in [-0.25, -0.2) is 4.79 Å². The van der Waals surface area contributed by atoms with Gasteiger partial charge >= 0.3 is 11.9 Å². The summed E-state index contributed by atoms with van der Waals surface area (Å²) in [6.07, 6.45) is 5.95. The Labute approximate surface area is 218 Å². The van der Waals surface area contributed by atoms with Crippen LogP contribution in [0, 0.1) is 12.8 Å². The summed E-state index contributed by atoms with van der Waals surface area (Å²) in [6.45, 7) is 17.1. The van der Waals surface area contributed by atoms with E-state index >= 15 is 0 Å². The molecule has 36 heavy (non-hydrogen) atoms. The minimum absolute atomic E-state index is 0.0673. The van der Waals surface area contributed by atoms with E-state index in [2.05, 4.69) is 53.7 Å². The Kier molecular flexibility index (Phi) is 11.2. The van der Waals surface area contributed by atoms with Crippen molar-refractivity contribution in [1.29, 1.82) is 0 Å². The molecule has 2 rings (SSSR count). The molecule has 0 spiro atoms. The third-order valence-corrected chi connectivity index (χ3v) is 6.82. The highest BCUT2D eigenvalue weighted by Crippen LogP contribution is 2.40. The van der Waals surface area contributed by atoms with E-state index in [0.29, 0.717) is 24.3 Å². The summed E-state index contributed by atoms with van der Waals surface area (Å²) in [7, 11) is 0. The number of carbonyl (C=O) groups excluding carboxylic acids is 2. The number of unbranched alkanes of at least 4 members (excludes halogenated alkanes) is 1. The predicted molar refractivity (Wildman–Crippen MR) is 148 cm³/mol. The molecule has 0 heterocycles. The Hall–Kier alpha value is -2.62. The summed E-state index contributed by atoms with van der Waals surface area (Å²) in [5.74, 6) is -0.431. The molecule has 0 aliphatic rings. The quantitative estimate of drug-likeness (QED) is 0.207. The van der Waals surface area contributed by atoms with Gasteiger partial charge in [-0.2, -0.15) is 0 Å². The molecule has 0 aromatic heterocycles. The van der Waals surface area contributed by atoms with Gasteiger partial charge in [-0.3, -0.25) is 4.79 Å². The molecule has 4 nitrogen and oxygen atoms in total. The van der Waals surface area contributed by atoms with Crippen molar-refractivity contribution in [3.05, 3.63) is 64.2 Å². The van der Waals surface area contributed by atoms with Crippen LogP contribution in [0.25, 0.3) is 0 Å². The molecule has 0 amide bonds. The van der Waals surface area contributed by atoms with E-state index in [0.717, 1.165) is 48.8 Å². The van der Waals surface area contributed by atoms with Gasteiger partial charge in [0.15, 0.2) is 0 Å². The number of ether oxygens (including phenoxy) is 2. The standard InChI is InChI=1S/C32H46O4/c1-9-12-13-24-14-16-25(17-15-24)30(33)36-29-23(6)20-26(32(7,8)18-10-2)21-27(29)28(19-22(4)5)31(34)35-11-3/h14-17,20-22,28H,9-13,18-19H2,1-8H3. The highest BCUT2D eigenvalue weighted by atomic mass is 16.5. The van der Waals surface area contributed by atoms with Crippen LogP contribution in [0.5, 0.6) is 5.75 Å². The second-order valence-corrected chi connectivity index (χ2v) is 11.0. The van der Waals surface area contributed by atoms with Crippen LogP contribution in [0.2, 0.25) is 0 Å². The molecule has 4 heteroatoms. The van der Waals surface area contributed by atoms with E-state index in [-0.39, 0.29) is 17.3 Å². The van der Waals surface area contributed by atoms with E-state index in [1.54, 1.807) is 0 Å². The largest absolute Gasteiger partial charge is 0.466 e. The molecule has 0 N–H and O–H groups in total. The van der Waals surface area contributed by atoms with Gasteiger partial charge in [0.05, 0.1) is 18.1 Å². The van der Waals surface area contributed by atoms with Gasteiger partial charge in [0.2, 0.25) is 0 Å². The van der Waals surface area contributed by atoms with Gasteiger partial charge < -0.3 is 9.47 Å². The molecule has 198 valence electrons.